The van der Waals surface area contributed by atoms with Crippen LogP contribution in [0.1, 0.15) is 64.5 Å². The smallest absolute Gasteiger partial charge is 0.387 e. The summed E-state index contributed by atoms with van der Waals surface area (Å²) in [5, 5.41) is 1.21. The molecule has 170 valence electrons. The Morgan fingerprint density at radius 1 is 0.774 bits per heavy atom. The highest BCUT2D eigenvalue weighted by molar-refractivity contribution is 6.81. The Kier molecular flexibility index (Phi) is 11.2. The van der Waals surface area contributed by atoms with Gasteiger partial charge in [-0.05, 0) is 61.7 Å². The van der Waals surface area contributed by atoms with E-state index in [4.69, 9.17) is 8.85 Å². The number of rotatable bonds is 15. The second kappa shape index (κ2) is 13.6. The normalized spacial score (nSPS) is 11.8. The maximum absolute atomic E-state index is 6.48. The molecule has 0 atom stereocenters. The summed E-state index contributed by atoms with van der Waals surface area (Å²) in [5.41, 5.74) is 3.33. The van der Waals surface area contributed by atoms with E-state index in [0.29, 0.717) is 13.2 Å². The van der Waals surface area contributed by atoms with Crippen LogP contribution in [0.5, 0.6) is 0 Å². The Hall–Kier alpha value is -1.72. The molecule has 31 heavy (non-hydrogen) atoms. The molecule has 0 aromatic heterocycles. The highest BCUT2D eigenvalue weighted by Gasteiger charge is 2.41. The summed E-state index contributed by atoms with van der Waals surface area (Å²) >= 11 is 0. The first-order valence-electron chi connectivity index (χ1n) is 12.0. The third kappa shape index (κ3) is 7.43. The van der Waals surface area contributed by atoms with E-state index >= 15 is 0 Å². The van der Waals surface area contributed by atoms with Crippen molar-refractivity contribution in [3.63, 3.8) is 0 Å². The van der Waals surface area contributed by atoms with Gasteiger partial charge in [-0.1, -0.05) is 87.9 Å². The van der Waals surface area contributed by atoms with Crippen LogP contribution < -0.4 is 5.19 Å². The lowest BCUT2D eigenvalue weighted by Gasteiger charge is -2.35. The Labute approximate surface area is 191 Å². The van der Waals surface area contributed by atoms with Gasteiger partial charge in [0.25, 0.3) is 0 Å². The molecular formula is C27H41NO2Si. The van der Waals surface area contributed by atoms with Crippen LogP contribution in [0.2, 0.25) is 0 Å². The van der Waals surface area contributed by atoms with Gasteiger partial charge in [0.1, 0.15) is 0 Å². The Bertz CT molecular complexity index is 747. The van der Waals surface area contributed by atoms with Crippen LogP contribution in [-0.2, 0) is 8.85 Å². The van der Waals surface area contributed by atoms with E-state index in [1.165, 1.54) is 30.9 Å². The molecule has 0 unspecified atom stereocenters. The fraction of sp³-hybridized carbons (Fsp3) is 0.481. The first-order chi connectivity index (χ1) is 15.1. The molecule has 0 aliphatic heterocycles. The van der Waals surface area contributed by atoms with Crippen molar-refractivity contribution < 1.29 is 8.85 Å². The van der Waals surface area contributed by atoms with E-state index in [-0.39, 0.29) is 0 Å². The van der Waals surface area contributed by atoms with E-state index in [0.717, 1.165) is 36.0 Å². The summed E-state index contributed by atoms with van der Waals surface area (Å²) in [6.45, 7) is 16.5. The third-order valence-corrected chi connectivity index (χ3v) is 9.22. The molecule has 2 rings (SSSR count). The zero-order valence-electron chi connectivity index (χ0n) is 20.0. The van der Waals surface area contributed by atoms with Crippen molar-refractivity contribution >= 4 is 19.3 Å². The molecule has 0 fully saturated rings. The van der Waals surface area contributed by atoms with Crippen LogP contribution in [0, 0.1) is 0 Å². The van der Waals surface area contributed by atoms with Crippen molar-refractivity contribution in [2.24, 2.45) is 0 Å². The predicted molar refractivity (Wildman–Crippen MR) is 136 cm³/mol. The lowest BCUT2D eigenvalue weighted by molar-refractivity contribution is 0.169. The SMILES string of the molecule is C=C(c1ccccc1)c1ccc([Si](CN(CCCC)CCCC)(OCC)OCC)cc1. The fourth-order valence-electron chi connectivity index (χ4n) is 3.92. The van der Waals surface area contributed by atoms with E-state index in [1.54, 1.807) is 0 Å². The number of unbranched alkanes of at least 4 members (excludes halogenated alkanes) is 2. The van der Waals surface area contributed by atoms with Crippen LogP contribution in [0.25, 0.3) is 5.57 Å². The fourth-order valence-corrected chi connectivity index (χ4v) is 7.21. The van der Waals surface area contributed by atoms with Crippen molar-refractivity contribution in [2.75, 3.05) is 32.5 Å². The minimum Gasteiger partial charge on any atom is -0.391 e. The summed E-state index contributed by atoms with van der Waals surface area (Å²) in [7, 11) is -2.58. The number of hydrogen-bond donors (Lipinski definition) is 0. The molecule has 0 saturated heterocycles. The monoisotopic (exact) mass is 439 g/mol. The molecular weight excluding hydrogens is 398 g/mol. The van der Waals surface area contributed by atoms with Crippen molar-refractivity contribution in [3.8, 4) is 0 Å². The summed E-state index contributed by atoms with van der Waals surface area (Å²) in [6, 6.07) is 19.1. The van der Waals surface area contributed by atoms with Crippen LogP contribution in [0.3, 0.4) is 0 Å². The van der Waals surface area contributed by atoms with Gasteiger partial charge in [-0.3, -0.25) is 0 Å². The average Bonchev–Trinajstić information content (AvgIpc) is 2.81. The molecule has 0 saturated carbocycles. The van der Waals surface area contributed by atoms with Gasteiger partial charge in [0.05, 0.1) is 0 Å². The van der Waals surface area contributed by atoms with Gasteiger partial charge >= 0.3 is 8.56 Å². The minimum absolute atomic E-state index is 0.667. The summed E-state index contributed by atoms with van der Waals surface area (Å²) in [5.74, 6) is 0. The quantitative estimate of drug-likeness (QED) is 0.322. The van der Waals surface area contributed by atoms with Crippen LogP contribution in [0.4, 0.5) is 0 Å². The van der Waals surface area contributed by atoms with Crippen LogP contribution in [-0.4, -0.2) is 45.9 Å². The molecule has 3 nitrogen and oxygen atoms in total. The molecule has 2 aromatic carbocycles. The molecule has 4 heteroatoms. The second-order valence-corrected chi connectivity index (χ2v) is 11.0. The zero-order valence-corrected chi connectivity index (χ0v) is 21.0. The maximum Gasteiger partial charge on any atom is 0.387 e. The Morgan fingerprint density at radius 3 is 1.77 bits per heavy atom. The van der Waals surface area contributed by atoms with Gasteiger partial charge in [0, 0.05) is 19.4 Å². The summed E-state index contributed by atoms with van der Waals surface area (Å²) in [6.07, 6.45) is 5.71. The summed E-state index contributed by atoms with van der Waals surface area (Å²) in [4.78, 5) is 2.57. The largest absolute Gasteiger partial charge is 0.391 e. The molecule has 0 bridgehead atoms. The van der Waals surface area contributed by atoms with Gasteiger partial charge in [-0.15, -0.1) is 0 Å². The van der Waals surface area contributed by atoms with E-state index in [2.05, 4.69) is 87.7 Å². The molecule has 0 amide bonds. The zero-order chi connectivity index (χ0) is 22.5. The highest BCUT2D eigenvalue weighted by Crippen LogP contribution is 2.21. The van der Waals surface area contributed by atoms with E-state index in [9.17, 15) is 0 Å². The number of nitrogens with zero attached hydrogens (tertiary/aromatic N) is 1. The van der Waals surface area contributed by atoms with Gasteiger partial charge in [-0.2, -0.15) is 0 Å². The van der Waals surface area contributed by atoms with Crippen LogP contribution in [0.15, 0.2) is 61.2 Å². The number of benzene rings is 2. The molecule has 0 heterocycles. The maximum atomic E-state index is 6.48. The molecule has 0 N–H and O–H groups in total. The molecule has 0 aliphatic carbocycles. The highest BCUT2D eigenvalue weighted by atomic mass is 28.4. The number of hydrogen-bond acceptors (Lipinski definition) is 3. The van der Waals surface area contributed by atoms with Gasteiger partial charge in [-0.25, -0.2) is 0 Å². The standard InChI is InChI=1S/C27H41NO2Si/c1-6-10-21-28(22-11-7-2)23-31(29-8-3,30-9-4)27-19-17-26(18-20-27)24(5)25-15-13-12-14-16-25/h12-20H,5-11,21-23H2,1-4H3. The molecule has 2 aromatic rings. The van der Waals surface area contributed by atoms with Crippen molar-refractivity contribution in [2.45, 2.75) is 53.4 Å². The molecule has 0 radical (unpaired) electrons. The van der Waals surface area contributed by atoms with Gasteiger partial charge in [0.2, 0.25) is 0 Å². The van der Waals surface area contributed by atoms with E-state index in [1.807, 2.05) is 6.07 Å². The predicted octanol–water partition coefficient (Wildman–Crippen LogP) is 5.91. The van der Waals surface area contributed by atoms with Crippen molar-refractivity contribution in [3.05, 3.63) is 72.3 Å². The second-order valence-electron chi connectivity index (χ2n) is 8.02. The average molecular weight is 440 g/mol. The minimum atomic E-state index is -2.58. The van der Waals surface area contributed by atoms with Crippen LogP contribution >= 0.6 is 0 Å². The Morgan fingerprint density at radius 2 is 1.29 bits per heavy atom. The van der Waals surface area contributed by atoms with E-state index < -0.39 is 8.56 Å². The van der Waals surface area contributed by atoms with Crippen molar-refractivity contribution in [1.29, 1.82) is 0 Å². The lowest BCUT2D eigenvalue weighted by Crippen LogP contribution is -2.61. The molecule has 0 aliphatic rings. The van der Waals surface area contributed by atoms with Crippen molar-refractivity contribution in [1.82, 2.24) is 4.90 Å². The van der Waals surface area contributed by atoms with Gasteiger partial charge < -0.3 is 13.8 Å². The first kappa shape index (κ1) is 25.5. The summed E-state index contributed by atoms with van der Waals surface area (Å²) < 4.78 is 13.0. The van der Waals surface area contributed by atoms with Gasteiger partial charge in [0.15, 0.2) is 0 Å². The third-order valence-electron chi connectivity index (χ3n) is 5.64. The lowest BCUT2D eigenvalue weighted by atomic mass is 10.00. The Balaban J connectivity index is 2.31. The topological polar surface area (TPSA) is 21.7 Å². The molecule has 0 spiro atoms. The first-order valence-corrected chi connectivity index (χ1v) is 14.0.